The molecule has 21 heavy (non-hydrogen) atoms. The second kappa shape index (κ2) is 8.70. The summed E-state index contributed by atoms with van der Waals surface area (Å²) in [6, 6.07) is 4.29. The molecule has 2 heterocycles. The van der Waals surface area contributed by atoms with Crippen LogP contribution in [0.5, 0.6) is 0 Å². The molecule has 0 radical (unpaired) electrons. The smallest absolute Gasteiger partial charge is 0.191 e. The van der Waals surface area contributed by atoms with Gasteiger partial charge in [0, 0.05) is 21.7 Å². The van der Waals surface area contributed by atoms with Gasteiger partial charge in [-0.05, 0) is 32.9 Å². The summed E-state index contributed by atoms with van der Waals surface area (Å²) in [5.74, 6) is 0.821. The molecule has 0 fully saturated rings. The fourth-order valence-corrected chi connectivity index (χ4v) is 3.58. The molecule has 0 saturated carbocycles. The van der Waals surface area contributed by atoms with Crippen molar-refractivity contribution in [1.29, 1.82) is 0 Å². The van der Waals surface area contributed by atoms with Gasteiger partial charge < -0.3 is 10.6 Å². The van der Waals surface area contributed by atoms with Gasteiger partial charge in [0.05, 0.1) is 23.8 Å². The molecular weight excluding hydrogens is 415 g/mol. The normalized spacial score (nSPS) is 11.1. The Hall–Kier alpha value is -0.670. The molecule has 7 heteroatoms. The van der Waals surface area contributed by atoms with Gasteiger partial charge >= 0.3 is 0 Å². The third-order valence-electron chi connectivity index (χ3n) is 2.87. The lowest BCUT2D eigenvalue weighted by molar-refractivity contribution is 0.818. The van der Waals surface area contributed by atoms with Gasteiger partial charge in [-0.25, -0.2) is 4.98 Å². The van der Waals surface area contributed by atoms with Crippen LogP contribution in [0, 0.1) is 20.8 Å². The summed E-state index contributed by atoms with van der Waals surface area (Å²) < 4.78 is 0. The first-order valence-electron chi connectivity index (χ1n) is 6.51. The molecule has 0 unspecified atom stereocenters. The van der Waals surface area contributed by atoms with Gasteiger partial charge in [0.1, 0.15) is 0 Å². The molecule has 0 aromatic carbocycles. The molecule has 0 atom stereocenters. The second-order valence-electron chi connectivity index (χ2n) is 4.53. The molecular formula is C14H21IN4S2. The number of halogens is 1. The number of guanidine groups is 1. The third kappa shape index (κ3) is 5.55. The molecule has 0 aliphatic rings. The topological polar surface area (TPSA) is 49.3 Å². The van der Waals surface area contributed by atoms with Crippen molar-refractivity contribution in [2.45, 2.75) is 33.9 Å². The van der Waals surface area contributed by atoms with Gasteiger partial charge in [-0.15, -0.1) is 46.7 Å². The van der Waals surface area contributed by atoms with Crippen LogP contribution >= 0.6 is 46.7 Å². The van der Waals surface area contributed by atoms with Crippen molar-refractivity contribution >= 4 is 52.6 Å². The van der Waals surface area contributed by atoms with Gasteiger partial charge in [-0.2, -0.15) is 0 Å². The molecule has 0 saturated heterocycles. The number of aryl methyl sites for hydroxylation is 3. The lowest BCUT2D eigenvalue weighted by atomic mass is 10.4. The summed E-state index contributed by atoms with van der Waals surface area (Å²) in [5.41, 5.74) is 1.10. The Balaban J connectivity index is 0.00000220. The number of nitrogens with zero attached hydrogens (tertiary/aromatic N) is 2. The molecule has 0 aliphatic heterocycles. The van der Waals surface area contributed by atoms with E-state index in [0.29, 0.717) is 0 Å². The zero-order valence-corrected chi connectivity index (χ0v) is 16.7. The van der Waals surface area contributed by atoms with Gasteiger partial charge in [0.2, 0.25) is 0 Å². The summed E-state index contributed by atoms with van der Waals surface area (Å²) >= 11 is 3.54. The number of thiophene rings is 1. The quantitative estimate of drug-likeness (QED) is 0.438. The molecule has 0 spiro atoms. The summed E-state index contributed by atoms with van der Waals surface area (Å²) in [5, 5.41) is 7.77. The highest BCUT2D eigenvalue weighted by molar-refractivity contribution is 14.0. The van der Waals surface area contributed by atoms with Crippen molar-refractivity contribution in [3.63, 3.8) is 0 Å². The average Bonchev–Trinajstić information content (AvgIpc) is 2.96. The molecule has 4 nitrogen and oxygen atoms in total. The minimum Gasteiger partial charge on any atom is -0.352 e. The van der Waals surface area contributed by atoms with Gasteiger partial charge in [0.15, 0.2) is 5.96 Å². The van der Waals surface area contributed by atoms with Crippen molar-refractivity contribution in [3.8, 4) is 0 Å². The number of thiazole rings is 1. The van der Waals surface area contributed by atoms with Crippen molar-refractivity contribution in [1.82, 2.24) is 15.6 Å². The molecule has 0 aliphatic carbocycles. The number of nitrogens with one attached hydrogen (secondary N) is 2. The first kappa shape index (κ1) is 18.4. The fourth-order valence-electron chi connectivity index (χ4n) is 1.87. The Morgan fingerprint density at radius 2 is 1.86 bits per heavy atom. The number of hydrogen-bond acceptors (Lipinski definition) is 4. The van der Waals surface area contributed by atoms with Crippen LogP contribution in [0.4, 0.5) is 0 Å². The summed E-state index contributed by atoms with van der Waals surface area (Å²) in [4.78, 5) is 12.6. The van der Waals surface area contributed by atoms with E-state index in [1.54, 1.807) is 18.4 Å². The molecule has 2 rings (SSSR count). The molecule has 2 N–H and O–H groups in total. The molecule has 2 aromatic rings. The zero-order valence-electron chi connectivity index (χ0n) is 12.7. The Kier molecular flexibility index (Phi) is 7.61. The summed E-state index contributed by atoms with van der Waals surface area (Å²) in [6.45, 7) is 7.77. The summed E-state index contributed by atoms with van der Waals surface area (Å²) in [7, 11) is 1.79. The predicted molar refractivity (Wildman–Crippen MR) is 103 cm³/mol. The van der Waals surface area contributed by atoms with Gasteiger partial charge in [-0.1, -0.05) is 0 Å². The Labute approximate surface area is 151 Å². The van der Waals surface area contributed by atoms with E-state index >= 15 is 0 Å². The van der Waals surface area contributed by atoms with Crippen molar-refractivity contribution in [2.24, 2.45) is 4.99 Å². The van der Waals surface area contributed by atoms with E-state index in [1.165, 1.54) is 14.6 Å². The molecule has 116 valence electrons. The largest absolute Gasteiger partial charge is 0.352 e. The van der Waals surface area contributed by atoms with Crippen LogP contribution in [0.3, 0.4) is 0 Å². The maximum atomic E-state index is 4.43. The fraction of sp³-hybridized carbons (Fsp3) is 0.429. The average molecular weight is 436 g/mol. The summed E-state index contributed by atoms with van der Waals surface area (Å²) in [6.07, 6.45) is 0. The van der Waals surface area contributed by atoms with Crippen LogP contribution in [0.25, 0.3) is 0 Å². The van der Waals surface area contributed by atoms with Crippen LogP contribution in [0.2, 0.25) is 0 Å². The van der Waals surface area contributed by atoms with Crippen LogP contribution in [0.1, 0.15) is 25.3 Å². The maximum absolute atomic E-state index is 4.43. The van der Waals surface area contributed by atoms with Crippen molar-refractivity contribution in [3.05, 3.63) is 37.5 Å². The Morgan fingerprint density at radius 1 is 1.14 bits per heavy atom. The first-order chi connectivity index (χ1) is 9.58. The highest BCUT2D eigenvalue weighted by atomic mass is 127. The van der Waals surface area contributed by atoms with E-state index in [-0.39, 0.29) is 24.0 Å². The zero-order chi connectivity index (χ0) is 14.5. The Morgan fingerprint density at radius 3 is 2.38 bits per heavy atom. The Bertz CT molecular complexity index is 604. The standard InChI is InChI=1S/C14H20N4S2.HI/c1-9-5-6-12(19-9)7-16-14(15-4)17-8-13-10(2)18-11(3)20-13;/h5-6H,7-8H2,1-4H3,(H2,15,16,17);1H. The van der Waals surface area contributed by atoms with E-state index < -0.39 is 0 Å². The van der Waals surface area contributed by atoms with E-state index in [1.807, 2.05) is 25.2 Å². The monoisotopic (exact) mass is 436 g/mol. The van der Waals surface area contributed by atoms with E-state index in [9.17, 15) is 0 Å². The van der Waals surface area contributed by atoms with Crippen LogP contribution < -0.4 is 10.6 Å². The van der Waals surface area contributed by atoms with Crippen LogP contribution in [-0.4, -0.2) is 18.0 Å². The highest BCUT2D eigenvalue weighted by Crippen LogP contribution is 2.16. The predicted octanol–water partition coefficient (Wildman–Crippen LogP) is 3.61. The number of aromatic nitrogens is 1. The van der Waals surface area contributed by atoms with E-state index in [2.05, 4.69) is 39.7 Å². The number of aliphatic imine (C=N–C) groups is 1. The van der Waals surface area contributed by atoms with E-state index in [0.717, 1.165) is 29.8 Å². The van der Waals surface area contributed by atoms with Crippen LogP contribution in [-0.2, 0) is 13.1 Å². The third-order valence-corrected chi connectivity index (χ3v) is 4.94. The van der Waals surface area contributed by atoms with Crippen molar-refractivity contribution < 1.29 is 0 Å². The first-order valence-corrected chi connectivity index (χ1v) is 8.14. The molecule has 0 amide bonds. The number of rotatable bonds is 4. The van der Waals surface area contributed by atoms with E-state index in [4.69, 9.17) is 0 Å². The van der Waals surface area contributed by atoms with Crippen molar-refractivity contribution in [2.75, 3.05) is 7.05 Å². The maximum Gasteiger partial charge on any atom is 0.191 e. The SMILES string of the molecule is CN=C(NCc1ccc(C)s1)NCc1sc(C)nc1C.I. The van der Waals surface area contributed by atoms with Gasteiger partial charge in [0.25, 0.3) is 0 Å². The van der Waals surface area contributed by atoms with Crippen LogP contribution in [0.15, 0.2) is 17.1 Å². The van der Waals surface area contributed by atoms with Gasteiger partial charge in [-0.3, -0.25) is 4.99 Å². The molecule has 0 bridgehead atoms. The highest BCUT2D eigenvalue weighted by Gasteiger charge is 2.06. The number of hydrogen-bond donors (Lipinski definition) is 2. The lowest BCUT2D eigenvalue weighted by Gasteiger charge is -2.10. The minimum absolute atomic E-state index is 0. The molecule has 2 aromatic heterocycles. The minimum atomic E-state index is 0. The lowest BCUT2D eigenvalue weighted by Crippen LogP contribution is -2.36. The second-order valence-corrected chi connectivity index (χ2v) is 7.19.